The molecule has 0 radical (unpaired) electrons. The lowest BCUT2D eigenvalue weighted by molar-refractivity contribution is -0.117. The number of carbonyl (C=O) groups excluding carboxylic acids is 1. The van der Waals surface area contributed by atoms with Crippen molar-refractivity contribution in [3.05, 3.63) is 29.5 Å². The van der Waals surface area contributed by atoms with E-state index in [4.69, 9.17) is 19.9 Å². The van der Waals surface area contributed by atoms with E-state index in [0.717, 1.165) is 12.1 Å². The van der Waals surface area contributed by atoms with Gasteiger partial charge in [-0.2, -0.15) is 9.97 Å². The maximum Gasteiger partial charge on any atom is 0.320 e. The highest BCUT2D eigenvalue weighted by atomic mass is 16.5. The molecule has 0 aromatic carbocycles. The second kappa shape index (κ2) is 9.48. The molecule has 2 aromatic rings. The van der Waals surface area contributed by atoms with Crippen molar-refractivity contribution in [2.45, 2.75) is 13.0 Å². The molecule has 0 bridgehead atoms. The van der Waals surface area contributed by atoms with E-state index in [1.165, 1.54) is 0 Å². The SMILES string of the molecule is COCCOc1nc(N)c2c(n1)N(Cc1ccc(OCCN(C)C)nc1)C(=O)C2. The van der Waals surface area contributed by atoms with Crippen LogP contribution in [0.2, 0.25) is 0 Å². The number of pyridine rings is 1. The van der Waals surface area contributed by atoms with Crippen LogP contribution in [0, 0.1) is 0 Å². The van der Waals surface area contributed by atoms with Crippen LogP contribution in [-0.4, -0.2) is 73.3 Å². The van der Waals surface area contributed by atoms with Crippen LogP contribution in [0.5, 0.6) is 11.9 Å². The molecule has 3 rings (SSSR count). The minimum absolute atomic E-state index is 0.0960. The predicted octanol–water partition coefficient (Wildman–Crippen LogP) is 0.509. The van der Waals surface area contributed by atoms with Gasteiger partial charge in [-0.05, 0) is 19.7 Å². The van der Waals surface area contributed by atoms with Crippen LogP contribution in [0.3, 0.4) is 0 Å². The van der Waals surface area contributed by atoms with Crippen molar-refractivity contribution in [3.8, 4) is 11.9 Å². The molecule has 10 heteroatoms. The second-order valence-electron chi connectivity index (χ2n) is 6.85. The molecule has 0 saturated heterocycles. The molecule has 1 aliphatic heterocycles. The molecule has 1 amide bonds. The lowest BCUT2D eigenvalue weighted by atomic mass is 10.2. The molecule has 2 aromatic heterocycles. The predicted molar refractivity (Wildman–Crippen MR) is 107 cm³/mol. The zero-order valence-corrected chi connectivity index (χ0v) is 16.9. The molecule has 0 spiro atoms. The topological polar surface area (TPSA) is 116 Å². The van der Waals surface area contributed by atoms with Crippen molar-refractivity contribution in [2.75, 3.05) is 58.2 Å². The summed E-state index contributed by atoms with van der Waals surface area (Å²) in [6.07, 6.45) is 1.86. The number of carbonyl (C=O) groups is 1. The molecule has 1 aliphatic rings. The zero-order chi connectivity index (χ0) is 20.8. The highest BCUT2D eigenvalue weighted by Crippen LogP contribution is 2.33. The van der Waals surface area contributed by atoms with Crippen molar-refractivity contribution >= 4 is 17.5 Å². The van der Waals surface area contributed by atoms with Gasteiger partial charge in [0.2, 0.25) is 11.8 Å². The second-order valence-corrected chi connectivity index (χ2v) is 6.85. The Morgan fingerprint density at radius 3 is 2.69 bits per heavy atom. The number of nitrogen functional groups attached to an aromatic ring is 1. The third-order valence-corrected chi connectivity index (χ3v) is 4.33. The first kappa shape index (κ1) is 20.7. The van der Waals surface area contributed by atoms with Gasteiger partial charge < -0.3 is 24.8 Å². The van der Waals surface area contributed by atoms with Crippen LogP contribution in [0.1, 0.15) is 11.1 Å². The van der Waals surface area contributed by atoms with Crippen molar-refractivity contribution in [1.82, 2.24) is 19.9 Å². The van der Waals surface area contributed by atoms with Gasteiger partial charge in [-0.15, -0.1) is 0 Å². The van der Waals surface area contributed by atoms with Gasteiger partial charge in [0.05, 0.1) is 19.6 Å². The van der Waals surface area contributed by atoms with Crippen LogP contribution < -0.4 is 20.1 Å². The largest absolute Gasteiger partial charge is 0.476 e. The molecule has 29 heavy (non-hydrogen) atoms. The maximum absolute atomic E-state index is 12.5. The highest BCUT2D eigenvalue weighted by Gasteiger charge is 2.32. The van der Waals surface area contributed by atoms with E-state index >= 15 is 0 Å². The van der Waals surface area contributed by atoms with E-state index in [0.29, 0.717) is 43.6 Å². The highest BCUT2D eigenvalue weighted by molar-refractivity contribution is 6.01. The third kappa shape index (κ3) is 5.30. The molecule has 0 unspecified atom stereocenters. The molecule has 0 fully saturated rings. The van der Waals surface area contributed by atoms with E-state index in [-0.39, 0.29) is 24.2 Å². The number of methoxy groups -OCH3 is 1. The maximum atomic E-state index is 12.5. The average Bonchev–Trinajstić information content (AvgIpc) is 2.99. The standard InChI is InChI=1S/C19H26N6O4/c1-24(2)6-7-28-15-5-4-13(11-21-15)12-25-16(26)10-14-17(20)22-19(23-18(14)25)29-9-8-27-3/h4-5,11H,6-10,12H2,1-3H3,(H2,20,22,23). The minimum Gasteiger partial charge on any atom is -0.476 e. The molecular weight excluding hydrogens is 376 g/mol. The third-order valence-electron chi connectivity index (χ3n) is 4.33. The average molecular weight is 402 g/mol. The number of hydrogen-bond donors (Lipinski definition) is 1. The number of nitrogens with two attached hydrogens (primary N) is 1. The number of anilines is 2. The van der Waals surface area contributed by atoms with E-state index in [2.05, 4.69) is 15.0 Å². The summed E-state index contributed by atoms with van der Waals surface area (Å²) in [7, 11) is 5.54. The normalized spacial score (nSPS) is 13.1. The summed E-state index contributed by atoms with van der Waals surface area (Å²) in [4.78, 5) is 28.9. The number of amides is 1. The quantitative estimate of drug-likeness (QED) is 0.567. The van der Waals surface area contributed by atoms with E-state index in [1.54, 1.807) is 24.3 Å². The van der Waals surface area contributed by atoms with Gasteiger partial charge in [0, 0.05) is 31.5 Å². The molecule has 3 heterocycles. The number of aromatic nitrogens is 3. The van der Waals surface area contributed by atoms with Crippen LogP contribution in [0.15, 0.2) is 18.3 Å². The molecule has 156 valence electrons. The minimum atomic E-state index is -0.0960. The number of rotatable bonds is 10. The lowest BCUT2D eigenvalue weighted by Gasteiger charge is -2.17. The van der Waals surface area contributed by atoms with Gasteiger partial charge in [0.15, 0.2) is 0 Å². The van der Waals surface area contributed by atoms with Crippen molar-refractivity contribution in [1.29, 1.82) is 0 Å². The smallest absolute Gasteiger partial charge is 0.320 e. The Balaban J connectivity index is 1.69. The van der Waals surface area contributed by atoms with Gasteiger partial charge in [0.25, 0.3) is 0 Å². The first-order chi connectivity index (χ1) is 14.0. The Hall–Kier alpha value is -2.98. The molecule has 0 aliphatic carbocycles. The van der Waals surface area contributed by atoms with E-state index in [9.17, 15) is 4.79 Å². The number of hydrogen-bond acceptors (Lipinski definition) is 9. The number of likely N-dealkylation sites (N-methyl/N-ethyl adjacent to an activating group) is 1. The van der Waals surface area contributed by atoms with Crippen LogP contribution in [0.4, 0.5) is 11.6 Å². The van der Waals surface area contributed by atoms with Gasteiger partial charge in [-0.1, -0.05) is 6.07 Å². The Morgan fingerprint density at radius 1 is 1.17 bits per heavy atom. The number of nitrogens with zero attached hydrogens (tertiary/aromatic N) is 5. The monoisotopic (exact) mass is 402 g/mol. The summed E-state index contributed by atoms with van der Waals surface area (Å²) >= 11 is 0. The Morgan fingerprint density at radius 2 is 2.00 bits per heavy atom. The van der Waals surface area contributed by atoms with Crippen molar-refractivity contribution in [3.63, 3.8) is 0 Å². The fraction of sp³-hybridized carbons (Fsp3) is 0.474. The van der Waals surface area contributed by atoms with Gasteiger partial charge in [-0.25, -0.2) is 4.98 Å². The molecular formula is C19H26N6O4. The van der Waals surface area contributed by atoms with E-state index < -0.39 is 0 Å². The van der Waals surface area contributed by atoms with Gasteiger partial charge in [-0.3, -0.25) is 9.69 Å². The van der Waals surface area contributed by atoms with Crippen LogP contribution in [0.25, 0.3) is 0 Å². The fourth-order valence-electron chi connectivity index (χ4n) is 2.77. The van der Waals surface area contributed by atoms with E-state index in [1.807, 2.05) is 25.1 Å². The number of ether oxygens (including phenoxy) is 3. The fourth-order valence-corrected chi connectivity index (χ4v) is 2.77. The van der Waals surface area contributed by atoms with Crippen molar-refractivity contribution < 1.29 is 19.0 Å². The lowest BCUT2D eigenvalue weighted by Crippen LogP contribution is -2.27. The Kier molecular flexibility index (Phi) is 6.78. The summed E-state index contributed by atoms with van der Waals surface area (Å²) in [6, 6.07) is 3.80. The molecule has 2 N–H and O–H groups in total. The number of fused-ring (bicyclic) bond motifs is 1. The van der Waals surface area contributed by atoms with Gasteiger partial charge >= 0.3 is 6.01 Å². The zero-order valence-electron chi connectivity index (χ0n) is 16.9. The summed E-state index contributed by atoms with van der Waals surface area (Å²) < 4.78 is 16.0. The molecule has 0 saturated carbocycles. The molecule has 10 nitrogen and oxygen atoms in total. The summed E-state index contributed by atoms with van der Waals surface area (Å²) in [5.74, 6) is 1.17. The Labute approximate surface area is 169 Å². The first-order valence-electron chi connectivity index (χ1n) is 9.29. The summed E-state index contributed by atoms with van der Waals surface area (Å²) in [6.45, 7) is 2.38. The summed E-state index contributed by atoms with van der Waals surface area (Å²) in [5.41, 5.74) is 7.48. The van der Waals surface area contributed by atoms with Crippen molar-refractivity contribution in [2.24, 2.45) is 0 Å². The van der Waals surface area contributed by atoms with Gasteiger partial charge in [0.1, 0.15) is 24.8 Å². The first-order valence-corrected chi connectivity index (χ1v) is 9.29. The Bertz CT molecular complexity index is 843. The molecule has 0 atom stereocenters. The van der Waals surface area contributed by atoms with Crippen LogP contribution >= 0.6 is 0 Å². The summed E-state index contributed by atoms with van der Waals surface area (Å²) in [5, 5.41) is 0. The van der Waals surface area contributed by atoms with Crippen LogP contribution in [-0.2, 0) is 22.5 Å².